The highest BCUT2D eigenvalue weighted by atomic mass is 28.4. The number of ether oxygens (including phenoxy) is 2. The Labute approximate surface area is 153 Å². The Morgan fingerprint density at radius 3 is 2.16 bits per heavy atom. The van der Waals surface area contributed by atoms with Gasteiger partial charge >= 0.3 is 11.9 Å². The zero-order valence-electron chi connectivity index (χ0n) is 17.1. The average Bonchev–Trinajstić information content (AvgIpc) is 2.44. The van der Waals surface area contributed by atoms with Crippen molar-refractivity contribution >= 4 is 20.3 Å². The van der Waals surface area contributed by atoms with Gasteiger partial charge in [-0.25, -0.2) is 4.79 Å². The summed E-state index contributed by atoms with van der Waals surface area (Å²) in [5.74, 6) is -1.45. The van der Waals surface area contributed by atoms with Crippen LogP contribution in [0.25, 0.3) is 0 Å². The van der Waals surface area contributed by atoms with E-state index in [9.17, 15) is 9.59 Å². The molecule has 0 spiro atoms. The summed E-state index contributed by atoms with van der Waals surface area (Å²) in [4.78, 5) is 23.3. The van der Waals surface area contributed by atoms with Gasteiger partial charge < -0.3 is 13.9 Å². The van der Waals surface area contributed by atoms with Gasteiger partial charge in [-0.15, -0.1) is 0 Å². The van der Waals surface area contributed by atoms with Crippen LogP contribution in [0.3, 0.4) is 0 Å². The summed E-state index contributed by atoms with van der Waals surface area (Å²) in [5.41, 5.74) is 0. The summed E-state index contributed by atoms with van der Waals surface area (Å²) in [6.07, 6.45) is 5.29. The Morgan fingerprint density at radius 2 is 1.76 bits per heavy atom. The summed E-state index contributed by atoms with van der Waals surface area (Å²) in [6.45, 7) is 17.9. The van der Waals surface area contributed by atoms with Crippen LogP contribution in [-0.4, -0.2) is 33.0 Å². The van der Waals surface area contributed by atoms with Gasteiger partial charge in [0, 0.05) is 12.8 Å². The predicted octanol–water partition coefficient (Wildman–Crippen LogP) is 4.60. The van der Waals surface area contributed by atoms with E-state index in [0.717, 1.165) is 0 Å². The molecule has 0 heterocycles. The molecule has 0 saturated heterocycles. The SMILES string of the molecule is C/C=C/[C@H](O[Si](C)(C)C(C)(C)C)[C@@H](C)/C=C(/OC(C)=O)C(=O)OCC. The number of carbonyl (C=O) groups excluding carboxylic acids is 2. The second-order valence-electron chi connectivity index (χ2n) is 7.57. The molecule has 5 nitrogen and oxygen atoms in total. The van der Waals surface area contributed by atoms with E-state index < -0.39 is 20.3 Å². The molecule has 0 rings (SSSR count). The second kappa shape index (κ2) is 9.92. The third kappa shape index (κ3) is 8.01. The number of esters is 2. The third-order valence-electron chi connectivity index (χ3n) is 4.28. The predicted molar refractivity (Wildman–Crippen MR) is 103 cm³/mol. The van der Waals surface area contributed by atoms with Crippen LogP contribution in [0.4, 0.5) is 0 Å². The molecule has 0 bridgehead atoms. The van der Waals surface area contributed by atoms with Gasteiger partial charge in [0.25, 0.3) is 0 Å². The van der Waals surface area contributed by atoms with Crippen LogP contribution in [0.1, 0.15) is 48.5 Å². The summed E-state index contributed by atoms with van der Waals surface area (Å²) < 4.78 is 16.5. The smallest absolute Gasteiger partial charge is 0.374 e. The molecular weight excluding hydrogens is 336 g/mol. The van der Waals surface area contributed by atoms with E-state index in [4.69, 9.17) is 13.9 Å². The fourth-order valence-corrected chi connectivity index (χ4v) is 3.19. The molecule has 144 valence electrons. The first-order valence-electron chi connectivity index (χ1n) is 8.73. The van der Waals surface area contributed by atoms with Gasteiger partial charge in [0.2, 0.25) is 5.76 Å². The van der Waals surface area contributed by atoms with Crippen molar-refractivity contribution in [2.45, 2.75) is 72.7 Å². The molecule has 0 aromatic rings. The Kier molecular flexibility index (Phi) is 9.36. The quantitative estimate of drug-likeness (QED) is 0.205. The molecule has 0 unspecified atom stereocenters. The normalized spacial score (nSPS) is 15.8. The van der Waals surface area contributed by atoms with Crippen molar-refractivity contribution in [2.24, 2.45) is 5.92 Å². The van der Waals surface area contributed by atoms with E-state index in [1.807, 2.05) is 26.0 Å². The molecule has 0 saturated carbocycles. The van der Waals surface area contributed by atoms with Crippen molar-refractivity contribution in [3.05, 3.63) is 24.0 Å². The number of hydrogen-bond acceptors (Lipinski definition) is 5. The molecule has 0 amide bonds. The summed E-state index contributed by atoms with van der Waals surface area (Å²) in [6, 6.07) is 0. The number of hydrogen-bond donors (Lipinski definition) is 0. The Bertz CT molecular complexity index is 514. The maximum Gasteiger partial charge on any atom is 0.374 e. The minimum atomic E-state index is -2.00. The Balaban J connectivity index is 5.57. The first-order chi connectivity index (χ1) is 11.4. The second-order valence-corrected chi connectivity index (χ2v) is 12.3. The maximum atomic E-state index is 12.0. The van der Waals surface area contributed by atoms with Crippen molar-refractivity contribution in [3.63, 3.8) is 0 Å². The van der Waals surface area contributed by atoms with Crippen LogP contribution in [0.5, 0.6) is 0 Å². The van der Waals surface area contributed by atoms with Gasteiger partial charge in [-0.2, -0.15) is 0 Å². The van der Waals surface area contributed by atoms with E-state index in [0.29, 0.717) is 0 Å². The summed E-state index contributed by atoms with van der Waals surface area (Å²) >= 11 is 0. The molecule has 0 aliphatic rings. The lowest BCUT2D eigenvalue weighted by atomic mass is 10.0. The maximum absolute atomic E-state index is 12.0. The standard InChI is InChI=1S/C19H34O5Si/c1-10-12-16(24-25(8,9)19(5,6)7)14(3)13-17(23-15(4)20)18(21)22-11-2/h10,12-14,16H,11H2,1-9H3/b12-10+,17-13+/t14-,16-/m0/s1. The van der Waals surface area contributed by atoms with Crippen molar-refractivity contribution < 1.29 is 23.5 Å². The zero-order chi connectivity index (χ0) is 19.8. The van der Waals surface area contributed by atoms with Crippen LogP contribution in [-0.2, 0) is 23.5 Å². The van der Waals surface area contributed by atoms with Gasteiger partial charge in [-0.05, 0) is 38.1 Å². The lowest BCUT2D eigenvalue weighted by Crippen LogP contribution is -2.44. The molecule has 0 aliphatic heterocycles. The zero-order valence-corrected chi connectivity index (χ0v) is 18.1. The molecule has 0 radical (unpaired) electrons. The summed E-state index contributed by atoms with van der Waals surface area (Å²) in [5, 5.41) is 0.0656. The highest BCUT2D eigenvalue weighted by Gasteiger charge is 2.39. The molecule has 2 atom stereocenters. The minimum Gasteiger partial charge on any atom is -0.460 e. The van der Waals surface area contributed by atoms with Gasteiger partial charge in [0.1, 0.15) is 0 Å². The lowest BCUT2D eigenvalue weighted by Gasteiger charge is -2.39. The van der Waals surface area contributed by atoms with Crippen molar-refractivity contribution in [1.29, 1.82) is 0 Å². The van der Waals surface area contributed by atoms with E-state index in [2.05, 4.69) is 33.9 Å². The number of allylic oxidation sites excluding steroid dienone is 1. The molecular formula is C19H34O5Si. The monoisotopic (exact) mass is 370 g/mol. The number of rotatable bonds is 8. The topological polar surface area (TPSA) is 61.8 Å². The lowest BCUT2D eigenvalue weighted by molar-refractivity contribution is -0.150. The highest BCUT2D eigenvalue weighted by Crippen LogP contribution is 2.38. The fourth-order valence-electron chi connectivity index (χ4n) is 1.86. The first kappa shape index (κ1) is 23.6. The first-order valence-corrected chi connectivity index (χ1v) is 11.6. The minimum absolute atomic E-state index is 0.0656. The molecule has 0 N–H and O–H groups in total. The van der Waals surface area contributed by atoms with Crippen molar-refractivity contribution in [1.82, 2.24) is 0 Å². The molecule has 0 aromatic heterocycles. The van der Waals surface area contributed by atoms with E-state index >= 15 is 0 Å². The molecule has 25 heavy (non-hydrogen) atoms. The molecule has 0 aromatic carbocycles. The van der Waals surface area contributed by atoms with E-state index in [1.165, 1.54) is 6.92 Å². The van der Waals surface area contributed by atoms with Crippen LogP contribution in [0.15, 0.2) is 24.0 Å². The molecule has 0 fully saturated rings. The fraction of sp³-hybridized carbons (Fsp3) is 0.684. The van der Waals surface area contributed by atoms with Gasteiger partial charge in [-0.3, -0.25) is 4.79 Å². The van der Waals surface area contributed by atoms with Crippen LogP contribution in [0, 0.1) is 5.92 Å². The van der Waals surface area contributed by atoms with Crippen molar-refractivity contribution in [3.8, 4) is 0 Å². The molecule has 0 aliphatic carbocycles. The average molecular weight is 371 g/mol. The molecule has 6 heteroatoms. The Hall–Kier alpha value is -1.40. The Morgan fingerprint density at radius 1 is 1.20 bits per heavy atom. The van der Waals surface area contributed by atoms with Crippen LogP contribution < -0.4 is 0 Å². The van der Waals surface area contributed by atoms with E-state index in [1.54, 1.807) is 13.0 Å². The highest BCUT2D eigenvalue weighted by molar-refractivity contribution is 6.74. The largest absolute Gasteiger partial charge is 0.460 e. The van der Waals surface area contributed by atoms with Crippen LogP contribution >= 0.6 is 0 Å². The van der Waals surface area contributed by atoms with E-state index in [-0.39, 0.29) is 29.4 Å². The van der Waals surface area contributed by atoms with Gasteiger partial charge in [-0.1, -0.05) is 39.8 Å². The van der Waals surface area contributed by atoms with Crippen molar-refractivity contribution in [2.75, 3.05) is 6.61 Å². The van der Waals surface area contributed by atoms with Gasteiger partial charge in [0.15, 0.2) is 8.32 Å². The third-order valence-corrected chi connectivity index (χ3v) is 8.76. The van der Waals surface area contributed by atoms with Crippen LogP contribution in [0.2, 0.25) is 18.1 Å². The van der Waals surface area contributed by atoms with Gasteiger partial charge in [0.05, 0.1) is 12.7 Å². The number of carbonyl (C=O) groups is 2. The summed E-state index contributed by atoms with van der Waals surface area (Å²) in [7, 11) is -2.00.